The van der Waals surface area contributed by atoms with Crippen molar-refractivity contribution >= 4 is 23.5 Å². The summed E-state index contributed by atoms with van der Waals surface area (Å²) in [5.41, 5.74) is 5.36. The molecule has 1 aliphatic carbocycles. The van der Waals surface area contributed by atoms with Gasteiger partial charge in [-0.1, -0.05) is 58.0 Å². The fourth-order valence-electron chi connectivity index (χ4n) is 3.42. The van der Waals surface area contributed by atoms with Crippen molar-refractivity contribution < 1.29 is 10.0 Å². The molecule has 3 rings (SSSR count). The van der Waals surface area contributed by atoms with Crippen molar-refractivity contribution in [2.45, 2.75) is 47.0 Å². The molecule has 0 atom stereocenters. The van der Waals surface area contributed by atoms with Gasteiger partial charge in [0.2, 0.25) is 0 Å². The summed E-state index contributed by atoms with van der Waals surface area (Å²) in [6.45, 7) is 12.3. The predicted molar refractivity (Wildman–Crippen MR) is 105 cm³/mol. The van der Waals surface area contributed by atoms with E-state index in [2.05, 4.69) is 57.2 Å². The summed E-state index contributed by atoms with van der Waals surface area (Å²) in [7, 11) is -1.40. The van der Waals surface area contributed by atoms with Gasteiger partial charge in [-0.05, 0) is 64.5 Å². The molecule has 3 heteroatoms. The molecule has 0 saturated heterocycles. The maximum Gasteiger partial charge on any atom is 0.483 e. The molecule has 2 N–H and O–H groups in total. The molecule has 0 aromatic heterocycles. The maximum atomic E-state index is 9.37. The molecule has 0 saturated carbocycles. The van der Waals surface area contributed by atoms with Gasteiger partial charge in [0.15, 0.2) is 0 Å². The van der Waals surface area contributed by atoms with Crippen LogP contribution in [0.25, 0.3) is 16.3 Å². The highest BCUT2D eigenvalue weighted by molar-refractivity contribution is 6.50. The van der Waals surface area contributed by atoms with Gasteiger partial charge < -0.3 is 10.0 Å². The molecule has 0 amide bonds. The Morgan fingerprint density at radius 2 is 1.58 bits per heavy atom. The van der Waals surface area contributed by atoms with E-state index in [0.717, 1.165) is 5.57 Å². The van der Waals surface area contributed by atoms with Crippen LogP contribution < -0.4 is 0 Å². The zero-order valence-corrected chi connectivity index (χ0v) is 15.5. The third-order valence-electron chi connectivity index (χ3n) is 4.82. The minimum Gasteiger partial charge on any atom is -0.423 e. The van der Waals surface area contributed by atoms with Crippen LogP contribution >= 0.6 is 0 Å². The topological polar surface area (TPSA) is 40.5 Å². The molecule has 0 spiro atoms. The maximum absolute atomic E-state index is 9.37. The number of hydrogen-bond donors (Lipinski definition) is 2. The lowest BCUT2D eigenvalue weighted by atomic mass is 9.75. The summed E-state index contributed by atoms with van der Waals surface area (Å²) in [6.07, 6.45) is 1.92. The van der Waals surface area contributed by atoms with Gasteiger partial charge in [0.1, 0.15) is 0 Å². The summed E-state index contributed by atoms with van der Waals surface area (Å²) in [5.74, 6) is 0. The zero-order valence-electron chi connectivity index (χ0n) is 15.5. The van der Waals surface area contributed by atoms with E-state index in [-0.39, 0.29) is 5.41 Å². The lowest BCUT2D eigenvalue weighted by molar-refractivity contribution is 0.419. The van der Waals surface area contributed by atoms with E-state index in [9.17, 15) is 10.0 Å². The Kier molecular flexibility index (Phi) is 5.37. The lowest BCUT2D eigenvalue weighted by Gasteiger charge is -2.24. The van der Waals surface area contributed by atoms with E-state index < -0.39 is 7.12 Å². The highest BCUT2D eigenvalue weighted by Crippen LogP contribution is 2.48. The van der Waals surface area contributed by atoms with E-state index in [1.54, 1.807) is 6.92 Å². The molecular weight excluding hydrogens is 295 g/mol. The minimum absolute atomic E-state index is 0.139. The lowest BCUT2D eigenvalue weighted by Crippen LogP contribution is -2.19. The molecule has 0 aliphatic heterocycles. The first kappa shape index (κ1) is 18.5. The Labute approximate surface area is 145 Å². The summed E-state index contributed by atoms with van der Waals surface area (Å²) >= 11 is 0. The molecule has 0 radical (unpaired) electrons. The van der Waals surface area contributed by atoms with Crippen molar-refractivity contribution in [3.05, 3.63) is 64.6 Å². The van der Waals surface area contributed by atoms with Crippen molar-refractivity contribution in [1.82, 2.24) is 0 Å². The number of fused-ring (bicyclic) bond motifs is 2. The van der Waals surface area contributed by atoms with Gasteiger partial charge in [0, 0.05) is 5.41 Å². The van der Waals surface area contributed by atoms with E-state index in [1.165, 1.54) is 27.5 Å². The van der Waals surface area contributed by atoms with Crippen LogP contribution in [-0.4, -0.2) is 17.2 Å². The van der Waals surface area contributed by atoms with Gasteiger partial charge in [-0.3, -0.25) is 0 Å². The quantitative estimate of drug-likeness (QED) is 0.773. The van der Waals surface area contributed by atoms with Gasteiger partial charge in [0.25, 0.3) is 0 Å². The van der Waals surface area contributed by atoms with Crippen LogP contribution in [0.5, 0.6) is 0 Å². The Bertz CT molecular complexity index is 814. The first-order chi connectivity index (χ1) is 11.3. The molecule has 2 aromatic carbocycles. The Morgan fingerprint density at radius 1 is 1.04 bits per heavy atom. The van der Waals surface area contributed by atoms with Crippen molar-refractivity contribution in [3.8, 4) is 0 Å². The van der Waals surface area contributed by atoms with Crippen LogP contribution in [0.3, 0.4) is 0 Å². The van der Waals surface area contributed by atoms with Crippen LogP contribution in [0.2, 0.25) is 0 Å². The number of hydrogen-bond acceptors (Lipinski definition) is 2. The fourth-order valence-corrected chi connectivity index (χ4v) is 3.42. The number of benzene rings is 2. The van der Waals surface area contributed by atoms with Gasteiger partial charge in [-0.15, -0.1) is 0 Å². The summed E-state index contributed by atoms with van der Waals surface area (Å²) in [4.78, 5) is 0. The standard InChI is InChI=1S/C19H21BO2.C2H6/c1-12(20(21)22)9-17-13(2)16-10-14-7-5-6-8-15(14)11-18(16)19(17,3)4;1-2/h5-11,21-22H,1-4H3;1-2H3/b12-9+;. The average Bonchev–Trinajstić information content (AvgIpc) is 2.75. The Morgan fingerprint density at radius 3 is 2.12 bits per heavy atom. The molecule has 2 nitrogen and oxygen atoms in total. The van der Waals surface area contributed by atoms with Crippen LogP contribution in [0.4, 0.5) is 0 Å². The van der Waals surface area contributed by atoms with Crippen molar-refractivity contribution in [3.63, 3.8) is 0 Å². The number of allylic oxidation sites excluding steroid dienone is 4. The second-order valence-electron chi connectivity index (χ2n) is 6.67. The van der Waals surface area contributed by atoms with E-state index in [4.69, 9.17) is 0 Å². The highest BCUT2D eigenvalue weighted by atomic mass is 16.4. The molecule has 0 unspecified atom stereocenters. The van der Waals surface area contributed by atoms with Crippen molar-refractivity contribution in [2.75, 3.05) is 0 Å². The second kappa shape index (κ2) is 6.96. The van der Waals surface area contributed by atoms with E-state index in [0.29, 0.717) is 5.47 Å². The zero-order chi connectivity index (χ0) is 18.1. The molecule has 126 valence electrons. The third kappa shape index (κ3) is 3.06. The smallest absolute Gasteiger partial charge is 0.423 e. The Balaban J connectivity index is 0.00000100. The van der Waals surface area contributed by atoms with Gasteiger partial charge >= 0.3 is 7.12 Å². The first-order valence-electron chi connectivity index (χ1n) is 8.61. The predicted octanol–water partition coefficient (Wildman–Crippen LogP) is 4.89. The molecular formula is C21H27BO2. The largest absolute Gasteiger partial charge is 0.483 e. The van der Waals surface area contributed by atoms with E-state index >= 15 is 0 Å². The summed E-state index contributed by atoms with van der Waals surface area (Å²) < 4.78 is 0. The summed E-state index contributed by atoms with van der Waals surface area (Å²) in [6, 6.07) is 12.9. The van der Waals surface area contributed by atoms with Gasteiger partial charge in [-0.25, -0.2) is 0 Å². The van der Waals surface area contributed by atoms with Gasteiger partial charge in [-0.2, -0.15) is 0 Å². The molecule has 24 heavy (non-hydrogen) atoms. The van der Waals surface area contributed by atoms with E-state index in [1.807, 2.05) is 19.9 Å². The summed E-state index contributed by atoms with van der Waals surface area (Å²) in [5, 5.41) is 21.2. The SMILES string of the molecule is CC.CC1=C(/C=C(\C)B(O)O)C(C)(C)c2cc3ccccc3cc21. The molecule has 1 aliphatic rings. The monoisotopic (exact) mass is 322 g/mol. The first-order valence-corrected chi connectivity index (χ1v) is 8.61. The minimum atomic E-state index is -1.40. The van der Waals surface area contributed by atoms with Crippen molar-refractivity contribution in [1.29, 1.82) is 0 Å². The third-order valence-corrected chi connectivity index (χ3v) is 4.82. The van der Waals surface area contributed by atoms with Crippen LogP contribution in [0.15, 0.2) is 53.5 Å². The normalized spacial score (nSPS) is 15.9. The number of rotatable bonds is 2. The molecule has 0 bridgehead atoms. The molecule has 0 fully saturated rings. The fraction of sp³-hybridized carbons (Fsp3) is 0.333. The highest BCUT2D eigenvalue weighted by Gasteiger charge is 2.35. The van der Waals surface area contributed by atoms with Crippen LogP contribution in [0, 0.1) is 0 Å². The average molecular weight is 322 g/mol. The van der Waals surface area contributed by atoms with Gasteiger partial charge in [0.05, 0.1) is 0 Å². The van der Waals surface area contributed by atoms with Crippen LogP contribution in [-0.2, 0) is 5.41 Å². The molecule has 0 heterocycles. The second-order valence-corrected chi connectivity index (χ2v) is 6.67. The molecule has 2 aromatic rings. The van der Waals surface area contributed by atoms with Crippen molar-refractivity contribution in [2.24, 2.45) is 0 Å². The van der Waals surface area contributed by atoms with Crippen LogP contribution in [0.1, 0.15) is 52.7 Å². The Hall–Kier alpha value is -1.84.